The average molecular weight is 218 g/mol. The second-order valence-corrected chi connectivity index (χ2v) is 5.06. The highest BCUT2D eigenvalue weighted by Crippen LogP contribution is 2.08. The van der Waals surface area contributed by atoms with Crippen LogP contribution in [0.2, 0.25) is 0 Å². The van der Waals surface area contributed by atoms with Crippen LogP contribution in [0.25, 0.3) is 0 Å². The molecular weight excluding hydrogens is 192 g/mol. The number of rotatable bonds is 5. The minimum absolute atomic E-state index is 0.889. The fourth-order valence-corrected chi connectivity index (χ4v) is 1.68. The van der Waals surface area contributed by atoms with E-state index in [4.69, 9.17) is 0 Å². The van der Waals surface area contributed by atoms with Crippen molar-refractivity contribution in [2.75, 3.05) is 34.7 Å². The quantitative estimate of drug-likeness (QED) is 0.180. The minimum atomic E-state index is 0.889. The highest BCUT2D eigenvalue weighted by Gasteiger charge is 2.26. The molecule has 3 heteroatoms. The zero-order valence-electron chi connectivity index (χ0n) is 10.4. The van der Waals surface area contributed by atoms with Crippen molar-refractivity contribution in [3.63, 3.8) is 0 Å². The first-order valence-corrected chi connectivity index (χ1v) is 5.93. The molecule has 0 fully saturated rings. The van der Waals surface area contributed by atoms with Crippen LogP contribution in [0.15, 0.2) is 0 Å². The molecule has 0 aromatic carbocycles. The van der Waals surface area contributed by atoms with E-state index in [2.05, 4.69) is 38.2 Å². The molecule has 0 amide bonds. The minimum Gasteiger partial charge on any atom is -0.235 e. The monoisotopic (exact) mass is 218 g/mol. The summed E-state index contributed by atoms with van der Waals surface area (Å²) in [5.74, 6) is 0. The second-order valence-electron chi connectivity index (χ2n) is 4.66. The number of hydrogen-bond donors (Lipinski definition) is 1. The molecule has 0 saturated carbocycles. The Morgan fingerprint density at radius 3 is 2.14 bits per heavy atom. The largest absolute Gasteiger partial charge is 0.396 e. The van der Waals surface area contributed by atoms with Crippen molar-refractivity contribution in [1.82, 2.24) is 0 Å². The summed E-state index contributed by atoms with van der Waals surface area (Å²) in [6, 6.07) is 0. The van der Waals surface area contributed by atoms with Gasteiger partial charge in [-0.1, -0.05) is 19.8 Å². The smallest absolute Gasteiger partial charge is 0.235 e. The lowest BCUT2D eigenvalue weighted by molar-refractivity contribution is -0.818. The van der Waals surface area contributed by atoms with E-state index in [-0.39, 0.29) is 0 Å². The Labute approximate surface area is 94.6 Å². The van der Waals surface area contributed by atoms with E-state index in [1.165, 1.54) is 32.2 Å². The van der Waals surface area contributed by atoms with Crippen LogP contribution in [-0.2, 0) is 0 Å². The van der Waals surface area contributed by atoms with Gasteiger partial charge in [-0.3, -0.25) is 0 Å². The van der Waals surface area contributed by atoms with Crippen LogP contribution in [-0.4, -0.2) is 49.0 Å². The zero-order valence-corrected chi connectivity index (χ0v) is 11.3. The third-order valence-electron chi connectivity index (χ3n) is 2.51. The molecule has 84 valence electrons. The highest BCUT2D eigenvalue weighted by molar-refractivity contribution is 7.96. The summed E-state index contributed by atoms with van der Waals surface area (Å²) in [5, 5.41) is 1.13. The van der Waals surface area contributed by atoms with E-state index in [0.29, 0.717) is 0 Å². The number of amidine groups is 1. The van der Waals surface area contributed by atoms with Crippen molar-refractivity contribution in [2.24, 2.45) is 0 Å². The number of unbranched alkanes of at least 4 members (excludes halogenated alkanes) is 3. The van der Waals surface area contributed by atoms with E-state index >= 15 is 0 Å². The van der Waals surface area contributed by atoms with Gasteiger partial charge in [0, 0.05) is 0 Å². The van der Waals surface area contributed by atoms with Crippen LogP contribution < -0.4 is 0 Å². The van der Waals surface area contributed by atoms with Crippen molar-refractivity contribution >= 4 is 17.8 Å². The molecule has 0 aliphatic rings. The lowest BCUT2D eigenvalue weighted by atomic mass is 10.2. The Hall–Kier alpha value is -0.0200. The first kappa shape index (κ1) is 14.0. The van der Waals surface area contributed by atoms with E-state index in [9.17, 15) is 0 Å². The average Bonchev–Trinajstić information content (AvgIpc) is 2.11. The van der Waals surface area contributed by atoms with E-state index in [1.54, 1.807) is 0 Å². The van der Waals surface area contributed by atoms with Gasteiger partial charge in [0.2, 0.25) is 0 Å². The molecular formula is C11H26N2S+2. The summed E-state index contributed by atoms with van der Waals surface area (Å²) in [6.07, 6.45) is 5.29. The molecule has 0 N–H and O–H groups in total. The summed E-state index contributed by atoms with van der Waals surface area (Å²) in [6.45, 7) is 3.42. The van der Waals surface area contributed by atoms with Crippen molar-refractivity contribution in [2.45, 2.75) is 32.6 Å². The number of hydrogen-bond acceptors (Lipinski definition) is 0. The maximum atomic E-state index is 4.55. The summed E-state index contributed by atoms with van der Waals surface area (Å²) in [4.78, 5) is 0. The molecule has 0 aliphatic carbocycles. The van der Waals surface area contributed by atoms with Crippen LogP contribution in [0.5, 0.6) is 0 Å². The van der Waals surface area contributed by atoms with E-state index in [1.807, 2.05) is 14.1 Å². The number of nitrogens with zero attached hydrogens (tertiary/aromatic N) is 2. The lowest BCUT2D eigenvalue weighted by Gasteiger charge is -2.24. The van der Waals surface area contributed by atoms with E-state index in [0.717, 1.165) is 9.65 Å². The summed E-state index contributed by atoms with van der Waals surface area (Å²) < 4.78 is 2.97. The Bertz CT molecular complexity index is 193. The summed E-state index contributed by atoms with van der Waals surface area (Å²) >= 11 is 4.55. The predicted molar refractivity (Wildman–Crippen MR) is 67.2 cm³/mol. The van der Waals surface area contributed by atoms with Gasteiger partial charge in [-0.2, -0.15) is 4.58 Å². The molecule has 0 rings (SSSR count). The maximum absolute atomic E-state index is 4.55. The van der Waals surface area contributed by atoms with Gasteiger partial charge in [-0.25, -0.2) is 4.48 Å². The first-order chi connectivity index (χ1) is 6.41. The van der Waals surface area contributed by atoms with Crippen molar-refractivity contribution in [3.8, 4) is 0 Å². The molecule has 2 nitrogen and oxygen atoms in total. The van der Waals surface area contributed by atoms with Crippen LogP contribution in [0.3, 0.4) is 0 Å². The Kier molecular flexibility index (Phi) is 6.45. The van der Waals surface area contributed by atoms with Gasteiger partial charge in [-0.05, 0) is 25.5 Å². The van der Waals surface area contributed by atoms with Gasteiger partial charge < -0.3 is 0 Å². The molecule has 0 aromatic rings. The predicted octanol–water partition coefficient (Wildman–Crippen LogP) is 2.20. The van der Waals surface area contributed by atoms with Crippen LogP contribution in [0.4, 0.5) is 0 Å². The van der Waals surface area contributed by atoms with Gasteiger partial charge in [0.15, 0.2) is 0 Å². The molecule has 0 spiro atoms. The Morgan fingerprint density at radius 2 is 1.71 bits per heavy atom. The molecule has 0 aromatic heterocycles. The van der Waals surface area contributed by atoms with Gasteiger partial charge in [0.05, 0.1) is 20.6 Å². The number of thiol groups is 1. The molecule has 0 saturated heterocycles. The maximum Gasteiger partial charge on any atom is 0.396 e. The first-order valence-electron chi connectivity index (χ1n) is 5.48. The Morgan fingerprint density at radius 1 is 1.14 bits per heavy atom. The molecule has 0 aliphatic heterocycles. The topological polar surface area (TPSA) is 3.01 Å². The van der Waals surface area contributed by atoms with Crippen LogP contribution >= 0.6 is 12.6 Å². The summed E-state index contributed by atoms with van der Waals surface area (Å²) in [5.41, 5.74) is 0. The summed E-state index contributed by atoms with van der Waals surface area (Å²) in [7, 11) is 8.53. The molecule has 0 unspecified atom stereocenters. The third-order valence-corrected chi connectivity index (χ3v) is 3.45. The van der Waals surface area contributed by atoms with Gasteiger partial charge in [-0.15, -0.1) is 0 Å². The fraction of sp³-hybridized carbons (Fsp3) is 0.909. The molecule has 0 atom stereocenters. The molecule has 0 radical (unpaired) electrons. The fourth-order valence-electron chi connectivity index (χ4n) is 1.58. The van der Waals surface area contributed by atoms with Crippen LogP contribution in [0.1, 0.15) is 32.6 Å². The number of quaternary nitrogens is 1. The molecule has 14 heavy (non-hydrogen) atoms. The Balaban J connectivity index is 4.02. The van der Waals surface area contributed by atoms with Crippen molar-refractivity contribution in [3.05, 3.63) is 0 Å². The zero-order chi connectivity index (χ0) is 11.2. The normalized spacial score (nSPS) is 11.6. The SMILES string of the molecule is CCCCCC[N+](C)(C)C(S)=[N+](C)C. The molecule has 0 bridgehead atoms. The lowest BCUT2D eigenvalue weighted by Crippen LogP contribution is -2.46. The highest BCUT2D eigenvalue weighted by atomic mass is 32.1. The second kappa shape index (κ2) is 6.46. The van der Waals surface area contributed by atoms with Crippen molar-refractivity contribution in [1.29, 1.82) is 0 Å². The van der Waals surface area contributed by atoms with E-state index < -0.39 is 0 Å². The third kappa shape index (κ3) is 5.01. The standard InChI is InChI=1S/C11H25N2S/c1-6-7-8-9-10-13(4,5)11(14)12(2)3/h6-10H2,1-5H3/q+1/p+1. The van der Waals surface area contributed by atoms with Gasteiger partial charge in [0.25, 0.3) is 0 Å². The molecule has 0 heterocycles. The van der Waals surface area contributed by atoms with Gasteiger partial charge in [0.1, 0.15) is 14.1 Å². The van der Waals surface area contributed by atoms with Crippen molar-refractivity contribution < 1.29 is 9.06 Å². The van der Waals surface area contributed by atoms with Gasteiger partial charge >= 0.3 is 5.17 Å². The van der Waals surface area contributed by atoms with Crippen LogP contribution in [0, 0.1) is 0 Å².